The summed E-state index contributed by atoms with van der Waals surface area (Å²) in [6, 6.07) is 13.9. The maximum atomic E-state index is 6.17. The number of halogens is 2. The normalized spacial score (nSPS) is 11.0. The second-order valence-corrected chi connectivity index (χ2v) is 4.70. The lowest BCUT2D eigenvalue weighted by Gasteiger charge is -2.06. The van der Waals surface area contributed by atoms with Gasteiger partial charge in [-0.3, -0.25) is 0 Å². The molecule has 0 aliphatic heterocycles. The molecule has 2 aromatic carbocycles. The van der Waals surface area contributed by atoms with E-state index in [-0.39, 0.29) is 0 Å². The quantitative estimate of drug-likeness (QED) is 0.634. The first kappa shape index (κ1) is 11.6. The maximum absolute atomic E-state index is 6.17. The Morgan fingerprint density at radius 1 is 1.11 bits per heavy atom. The summed E-state index contributed by atoms with van der Waals surface area (Å²) in [7, 11) is 0. The number of rotatable bonds is 2. The first-order valence-corrected chi connectivity index (χ1v) is 6.48. The molecule has 0 saturated carbocycles. The van der Waals surface area contributed by atoms with Gasteiger partial charge in [-0.15, -0.1) is 11.6 Å². The Balaban J connectivity index is 2.17. The Kier molecular flexibility index (Phi) is 2.98. The predicted octanol–water partition coefficient (Wildman–Crippen LogP) is 4.42. The van der Waals surface area contributed by atoms with Crippen LogP contribution in [0.15, 0.2) is 48.7 Å². The van der Waals surface area contributed by atoms with E-state index >= 15 is 0 Å². The van der Waals surface area contributed by atoms with Crippen molar-refractivity contribution < 1.29 is 0 Å². The third kappa shape index (κ3) is 1.88. The second kappa shape index (κ2) is 4.63. The van der Waals surface area contributed by atoms with E-state index in [1.54, 1.807) is 0 Å². The van der Waals surface area contributed by atoms with Gasteiger partial charge in [-0.1, -0.05) is 35.9 Å². The van der Waals surface area contributed by atoms with Gasteiger partial charge in [0.15, 0.2) is 0 Å². The van der Waals surface area contributed by atoms with Crippen LogP contribution in [0.5, 0.6) is 0 Å². The monoisotopic (exact) mass is 276 g/mol. The number of alkyl halides is 1. The maximum Gasteiger partial charge on any atom is 0.0741 e. The van der Waals surface area contributed by atoms with Gasteiger partial charge in [0.2, 0.25) is 0 Å². The number of hydrogen-bond acceptors (Lipinski definition) is 1. The van der Waals surface area contributed by atoms with Gasteiger partial charge in [0, 0.05) is 16.3 Å². The Hall–Kier alpha value is -1.51. The lowest BCUT2D eigenvalue weighted by atomic mass is 10.2. The highest BCUT2D eigenvalue weighted by molar-refractivity contribution is 6.32. The molecule has 0 radical (unpaired) electrons. The molecule has 3 aromatic rings. The molecular formula is C14H10Cl2N2. The van der Waals surface area contributed by atoms with Crippen LogP contribution in [-0.4, -0.2) is 9.78 Å². The van der Waals surface area contributed by atoms with Gasteiger partial charge in [-0.2, -0.15) is 5.10 Å². The lowest BCUT2D eigenvalue weighted by Crippen LogP contribution is -1.96. The molecule has 0 N–H and O–H groups in total. The first-order valence-electron chi connectivity index (χ1n) is 5.57. The molecule has 0 amide bonds. The summed E-state index contributed by atoms with van der Waals surface area (Å²) in [4.78, 5) is 0. The third-order valence-corrected chi connectivity index (χ3v) is 3.54. The van der Waals surface area contributed by atoms with Gasteiger partial charge in [-0.25, -0.2) is 4.68 Å². The number of para-hydroxylation sites is 1. The molecule has 0 unspecified atom stereocenters. The highest BCUT2D eigenvalue weighted by Gasteiger charge is 2.06. The van der Waals surface area contributed by atoms with Crippen molar-refractivity contribution in [3.63, 3.8) is 0 Å². The van der Waals surface area contributed by atoms with Gasteiger partial charge in [0.05, 0.1) is 17.4 Å². The van der Waals surface area contributed by atoms with Crippen molar-refractivity contribution >= 4 is 34.1 Å². The number of fused-ring (bicyclic) bond motifs is 1. The molecule has 0 aliphatic carbocycles. The average Bonchev–Trinajstić information content (AvgIpc) is 2.82. The highest BCUT2D eigenvalue weighted by atomic mass is 35.5. The lowest BCUT2D eigenvalue weighted by molar-refractivity contribution is 0.910. The summed E-state index contributed by atoms with van der Waals surface area (Å²) in [6.07, 6.45) is 1.85. The van der Waals surface area contributed by atoms with E-state index in [0.29, 0.717) is 10.9 Å². The summed E-state index contributed by atoms with van der Waals surface area (Å²) in [5.41, 5.74) is 2.93. The summed E-state index contributed by atoms with van der Waals surface area (Å²) >= 11 is 12.0. The molecule has 0 bridgehead atoms. The molecule has 0 spiro atoms. The zero-order valence-corrected chi connectivity index (χ0v) is 11.0. The SMILES string of the molecule is ClCc1ccc(-n2ncc3ccccc32)cc1Cl. The first-order chi connectivity index (χ1) is 8.79. The van der Waals surface area contributed by atoms with E-state index in [1.165, 1.54) is 0 Å². The van der Waals surface area contributed by atoms with Crippen LogP contribution in [0.4, 0.5) is 0 Å². The summed E-state index contributed by atoms with van der Waals surface area (Å²) < 4.78 is 1.87. The molecule has 0 aliphatic rings. The summed E-state index contributed by atoms with van der Waals surface area (Å²) in [5, 5.41) is 6.16. The Morgan fingerprint density at radius 3 is 2.72 bits per heavy atom. The van der Waals surface area contributed by atoms with Gasteiger partial charge in [0.25, 0.3) is 0 Å². The summed E-state index contributed by atoms with van der Waals surface area (Å²) in [5.74, 6) is 0.416. The molecule has 90 valence electrons. The van der Waals surface area contributed by atoms with Crippen LogP contribution in [0, 0.1) is 0 Å². The van der Waals surface area contributed by atoms with Crippen molar-refractivity contribution in [1.82, 2.24) is 9.78 Å². The van der Waals surface area contributed by atoms with E-state index in [0.717, 1.165) is 22.2 Å². The fourth-order valence-corrected chi connectivity index (χ4v) is 2.50. The smallest absolute Gasteiger partial charge is 0.0741 e. The third-order valence-electron chi connectivity index (χ3n) is 2.90. The number of nitrogens with zero attached hydrogens (tertiary/aromatic N) is 2. The molecular weight excluding hydrogens is 267 g/mol. The van der Waals surface area contributed by atoms with Crippen LogP contribution in [0.3, 0.4) is 0 Å². The van der Waals surface area contributed by atoms with Crippen molar-refractivity contribution in [1.29, 1.82) is 0 Å². The van der Waals surface area contributed by atoms with Crippen molar-refractivity contribution in [3.8, 4) is 5.69 Å². The van der Waals surface area contributed by atoms with Gasteiger partial charge in [0.1, 0.15) is 0 Å². The minimum atomic E-state index is 0.416. The molecule has 0 atom stereocenters. The van der Waals surface area contributed by atoms with Crippen molar-refractivity contribution in [2.75, 3.05) is 0 Å². The van der Waals surface area contributed by atoms with E-state index in [2.05, 4.69) is 5.10 Å². The van der Waals surface area contributed by atoms with Crippen molar-refractivity contribution in [3.05, 3.63) is 59.2 Å². The molecule has 3 rings (SSSR count). The van der Waals surface area contributed by atoms with Crippen molar-refractivity contribution in [2.24, 2.45) is 0 Å². The number of benzene rings is 2. The zero-order valence-electron chi connectivity index (χ0n) is 9.48. The largest absolute Gasteiger partial charge is 0.233 e. The fourth-order valence-electron chi connectivity index (χ4n) is 1.95. The van der Waals surface area contributed by atoms with Crippen LogP contribution in [0.1, 0.15) is 5.56 Å². The van der Waals surface area contributed by atoms with Crippen LogP contribution in [-0.2, 0) is 5.88 Å². The predicted molar refractivity (Wildman–Crippen MR) is 75.6 cm³/mol. The Bertz CT molecular complexity index is 704. The topological polar surface area (TPSA) is 17.8 Å². The minimum Gasteiger partial charge on any atom is -0.233 e. The number of aromatic nitrogens is 2. The second-order valence-electron chi connectivity index (χ2n) is 4.02. The molecule has 2 nitrogen and oxygen atoms in total. The Morgan fingerprint density at radius 2 is 1.94 bits per heavy atom. The van der Waals surface area contributed by atoms with Crippen molar-refractivity contribution in [2.45, 2.75) is 5.88 Å². The van der Waals surface area contributed by atoms with E-state index in [4.69, 9.17) is 23.2 Å². The molecule has 1 heterocycles. The number of hydrogen-bond donors (Lipinski definition) is 0. The van der Waals surface area contributed by atoms with Gasteiger partial charge < -0.3 is 0 Å². The summed E-state index contributed by atoms with van der Waals surface area (Å²) in [6.45, 7) is 0. The highest BCUT2D eigenvalue weighted by Crippen LogP contribution is 2.24. The zero-order chi connectivity index (χ0) is 12.5. The molecule has 18 heavy (non-hydrogen) atoms. The van der Waals surface area contributed by atoms with Crippen LogP contribution >= 0.6 is 23.2 Å². The standard InChI is InChI=1S/C14H10Cl2N2/c15-8-10-5-6-12(7-13(10)16)18-14-4-2-1-3-11(14)9-17-18/h1-7,9H,8H2. The van der Waals surface area contributed by atoms with Crippen LogP contribution < -0.4 is 0 Å². The minimum absolute atomic E-state index is 0.416. The van der Waals surface area contributed by atoms with Gasteiger partial charge in [-0.05, 0) is 23.8 Å². The van der Waals surface area contributed by atoms with Crippen LogP contribution in [0.2, 0.25) is 5.02 Å². The van der Waals surface area contributed by atoms with E-state index < -0.39 is 0 Å². The molecule has 0 fully saturated rings. The fraction of sp³-hybridized carbons (Fsp3) is 0.0714. The molecule has 4 heteroatoms. The van der Waals surface area contributed by atoms with Gasteiger partial charge >= 0.3 is 0 Å². The molecule has 0 saturated heterocycles. The van der Waals surface area contributed by atoms with Crippen LogP contribution in [0.25, 0.3) is 16.6 Å². The van der Waals surface area contributed by atoms with E-state index in [9.17, 15) is 0 Å². The Labute approximate surface area is 115 Å². The molecule has 1 aromatic heterocycles. The van der Waals surface area contributed by atoms with E-state index in [1.807, 2.05) is 53.3 Å². The average molecular weight is 277 g/mol.